The number of nitro groups is 1. The van der Waals surface area contributed by atoms with Crippen LogP contribution in [0.5, 0.6) is 5.75 Å². The fourth-order valence-electron chi connectivity index (χ4n) is 2.40. The molecule has 0 amide bonds. The molecular weight excluding hydrogens is 246 g/mol. The van der Waals surface area contributed by atoms with Crippen molar-refractivity contribution in [2.75, 3.05) is 12.4 Å². The molecule has 0 spiro atoms. The number of nitrogens with zero attached hydrogens (tertiary/aromatic N) is 1. The first-order chi connectivity index (χ1) is 9.10. The SMILES string of the molecule is COc1ccc([N+](=O)[O-])c(NC2CCC(N)CC2)c1. The third-order valence-electron chi connectivity index (χ3n) is 3.53. The van der Waals surface area contributed by atoms with Crippen LogP contribution in [0.2, 0.25) is 0 Å². The molecule has 104 valence electrons. The number of nitro benzene ring substituents is 1. The Morgan fingerprint density at radius 1 is 1.37 bits per heavy atom. The fourth-order valence-corrected chi connectivity index (χ4v) is 2.40. The molecule has 0 heterocycles. The Balaban J connectivity index is 2.15. The number of benzene rings is 1. The van der Waals surface area contributed by atoms with Gasteiger partial charge in [-0.3, -0.25) is 10.1 Å². The molecule has 1 saturated carbocycles. The quantitative estimate of drug-likeness (QED) is 0.644. The molecule has 6 heteroatoms. The molecule has 19 heavy (non-hydrogen) atoms. The zero-order valence-electron chi connectivity index (χ0n) is 11.0. The van der Waals surface area contributed by atoms with Crippen molar-refractivity contribution in [3.63, 3.8) is 0 Å². The van der Waals surface area contributed by atoms with E-state index in [0.29, 0.717) is 11.4 Å². The van der Waals surface area contributed by atoms with E-state index >= 15 is 0 Å². The summed E-state index contributed by atoms with van der Waals surface area (Å²) in [4.78, 5) is 10.6. The summed E-state index contributed by atoms with van der Waals surface area (Å²) < 4.78 is 5.11. The van der Waals surface area contributed by atoms with Crippen LogP contribution in [-0.2, 0) is 0 Å². The van der Waals surface area contributed by atoms with Crippen LogP contribution in [-0.4, -0.2) is 24.1 Å². The fraction of sp³-hybridized carbons (Fsp3) is 0.538. The van der Waals surface area contributed by atoms with Gasteiger partial charge in [-0.15, -0.1) is 0 Å². The average molecular weight is 265 g/mol. The highest BCUT2D eigenvalue weighted by Gasteiger charge is 2.22. The maximum absolute atomic E-state index is 11.0. The first-order valence-electron chi connectivity index (χ1n) is 6.44. The van der Waals surface area contributed by atoms with Crippen molar-refractivity contribution < 1.29 is 9.66 Å². The Kier molecular flexibility index (Phi) is 4.21. The molecule has 1 aromatic rings. The standard InChI is InChI=1S/C13H19N3O3/c1-19-11-6-7-13(16(17)18)12(8-11)15-10-4-2-9(14)3-5-10/h6-10,15H,2-5,14H2,1H3. The van der Waals surface area contributed by atoms with Gasteiger partial charge in [0.25, 0.3) is 5.69 Å². The molecule has 6 nitrogen and oxygen atoms in total. The lowest BCUT2D eigenvalue weighted by molar-refractivity contribution is -0.384. The van der Waals surface area contributed by atoms with E-state index in [4.69, 9.17) is 10.5 Å². The van der Waals surface area contributed by atoms with Crippen molar-refractivity contribution in [1.82, 2.24) is 0 Å². The van der Waals surface area contributed by atoms with E-state index < -0.39 is 0 Å². The monoisotopic (exact) mass is 265 g/mol. The van der Waals surface area contributed by atoms with E-state index in [9.17, 15) is 10.1 Å². The number of anilines is 1. The van der Waals surface area contributed by atoms with E-state index in [1.807, 2.05) is 0 Å². The highest BCUT2D eigenvalue weighted by Crippen LogP contribution is 2.31. The summed E-state index contributed by atoms with van der Waals surface area (Å²) in [6.07, 6.45) is 3.79. The third-order valence-corrected chi connectivity index (χ3v) is 3.53. The molecule has 3 N–H and O–H groups in total. The molecule has 0 saturated heterocycles. The minimum absolute atomic E-state index is 0.0793. The lowest BCUT2D eigenvalue weighted by atomic mass is 9.91. The van der Waals surface area contributed by atoms with Gasteiger partial charge in [0.05, 0.1) is 12.0 Å². The van der Waals surface area contributed by atoms with Gasteiger partial charge in [0, 0.05) is 24.2 Å². The van der Waals surface area contributed by atoms with Gasteiger partial charge in [0.15, 0.2) is 0 Å². The predicted molar refractivity (Wildman–Crippen MR) is 73.5 cm³/mol. The van der Waals surface area contributed by atoms with Crippen LogP contribution in [0.3, 0.4) is 0 Å². The number of nitrogens with one attached hydrogen (secondary N) is 1. The van der Waals surface area contributed by atoms with Gasteiger partial charge in [-0.2, -0.15) is 0 Å². The van der Waals surface area contributed by atoms with E-state index in [1.165, 1.54) is 6.07 Å². The molecule has 0 aliphatic heterocycles. The number of ether oxygens (including phenoxy) is 1. The summed E-state index contributed by atoms with van der Waals surface area (Å²) in [5, 5.41) is 14.3. The second kappa shape index (κ2) is 5.88. The third kappa shape index (κ3) is 3.35. The number of nitrogens with two attached hydrogens (primary N) is 1. The maximum Gasteiger partial charge on any atom is 0.292 e. The Morgan fingerprint density at radius 2 is 2.05 bits per heavy atom. The van der Waals surface area contributed by atoms with Gasteiger partial charge < -0.3 is 15.8 Å². The molecule has 1 aliphatic rings. The molecule has 2 rings (SSSR count). The summed E-state index contributed by atoms with van der Waals surface area (Å²) in [6.45, 7) is 0. The number of hydrogen-bond donors (Lipinski definition) is 2. The minimum Gasteiger partial charge on any atom is -0.497 e. The van der Waals surface area contributed by atoms with Gasteiger partial charge in [0.2, 0.25) is 0 Å². The van der Waals surface area contributed by atoms with Crippen molar-refractivity contribution >= 4 is 11.4 Å². The van der Waals surface area contributed by atoms with E-state index in [-0.39, 0.29) is 22.7 Å². The van der Waals surface area contributed by atoms with Crippen LogP contribution in [0, 0.1) is 10.1 Å². The Hall–Kier alpha value is -1.82. The van der Waals surface area contributed by atoms with Gasteiger partial charge in [0.1, 0.15) is 11.4 Å². The molecule has 1 aromatic carbocycles. The van der Waals surface area contributed by atoms with Gasteiger partial charge in [-0.25, -0.2) is 0 Å². The van der Waals surface area contributed by atoms with Gasteiger partial charge in [-0.05, 0) is 31.7 Å². The van der Waals surface area contributed by atoms with Crippen LogP contribution in [0.15, 0.2) is 18.2 Å². The lowest BCUT2D eigenvalue weighted by Crippen LogP contribution is -2.32. The molecular formula is C13H19N3O3. The second-order valence-electron chi connectivity index (χ2n) is 4.90. The second-order valence-corrected chi connectivity index (χ2v) is 4.90. The predicted octanol–water partition coefficient (Wildman–Crippen LogP) is 2.29. The Labute approximate surface area is 112 Å². The van der Waals surface area contributed by atoms with Crippen molar-refractivity contribution in [2.24, 2.45) is 5.73 Å². The zero-order valence-corrected chi connectivity index (χ0v) is 11.0. The molecule has 0 unspecified atom stereocenters. The summed E-state index contributed by atoms with van der Waals surface area (Å²) in [5.41, 5.74) is 6.46. The van der Waals surface area contributed by atoms with Crippen molar-refractivity contribution in [1.29, 1.82) is 0 Å². The van der Waals surface area contributed by atoms with E-state index in [0.717, 1.165) is 25.7 Å². The largest absolute Gasteiger partial charge is 0.497 e. The molecule has 0 radical (unpaired) electrons. The Bertz CT molecular complexity index is 456. The topological polar surface area (TPSA) is 90.4 Å². The molecule has 0 aromatic heterocycles. The molecule has 1 aliphatic carbocycles. The number of hydrogen-bond acceptors (Lipinski definition) is 5. The average Bonchev–Trinajstić information content (AvgIpc) is 2.41. The van der Waals surface area contributed by atoms with Crippen LogP contribution in [0.25, 0.3) is 0 Å². The first kappa shape index (κ1) is 13.6. The summed E-state index contributed by atoms with van der Waals surface area (Å²) in [6, 6.07) is 5.24. The maximum atomic E-state index is 11.0. The molecule has 0 atom stereocenters. The van der Waals surface area contributed by atoms with Crippen LogP contribution >= 0.6 is 0 Å². The normalized spacial score (nSPS) is 22.8. The molecule has 0 bridgehead atoms. The van der Waals surface area contributed by atoms with Crippen molar-refractivity contribution in [3.8, 4) is 5.75 Å². The van der Waals surface area contributed by atoms with Crippen molar-refractivity contribution in [3.05, 3.63) is 28.3 Å². The van der Waals surface area contributed by atoms with Crippen LogP contribution < -0.4 is 15.8 Å². The summed E-state index contributed by atoms with van der Waals surface area (Å²) >= 11 is 0. The number of rotatable bonds is 4. The lowest BCUT2D eigenvalue weighted by Gasteiger charge is -2.27. The van der Waals surface area contributed by atoms with Crippen LogP contribution in [0.1, 0.15) is 25.7 Å². The number of methoxy groups -OCH3 is 1. The smallest absolute Gasteiger partial charge is 0.292 e. The summed E-state index contributed by atoms with van der Waals surface area (Å²) in [5.74, 6) is 0.612. The Morgan fingerprint density at radius 3 is 2.63 bits per heavy atom. The molecule has 1 fully saturated rings. The summed E-state index contributed by atoms with van der Waals surface area (Å²) in [7, 11) is 1.55. The highest BCUT2D eigenvalue weighted by molar-refractivity contribution is 5.64. The van der Waals surface area contributed by atoms with Crippen molar-refractivity contribution in [2.45, 2.75) is 37.8 Å². The minimum atomic E-state index is -0.379. The highest BCUT2D eigenvalue weighted by atomic mass is 16.6. The zero-order chi connectivity index (χ0) is 13.8. The first-order valence-corrected chi connectivity index (χ1v) is 6.44. The van der Waals surface area contributed by atoms with Gasteiger partial charge in [-0.1, -0.05) is 0 Å². The van der Waals surface area contributed by atoms with Gasteiger partial charge >= 0.3 is 0 Å². The van der Waals surface area contributed by atoms with E-state index in [1.54, 1.807) is 19.2 Å². The van der Waals surface area contributed by atoms with Crippen LogP contribution in [0.4, 0.5) is 11.4 Å². The van der Waals surface area contributed by atoms with E-state index in [2.05, 4.69) is 5.32 Å².